The average Bonchev–Trinajstić information content (AvgIpc) is 2.34. The maximum Gasteiger partial charge on any atom is 0.222 e. The monoisotopic (exact) mass is 241 g/mol. The van der Waals surface area contributed by atoms with Gasteiger partial charge in [-0.3, -0.25) is 9.59 Å². The second kappa shape index (κ2) is 7.27. The summed E-state index contributed by atoms with van der Waals surface area (Å²) in [7, 11) is 0. The topological polar surface area (TPSA) is 89.4 Å². The zero-order valence-corrected chi connectivity index (χ0v) is 10.4. The quantitative estimate of drug-likeness (QED) is 0.652. The van der Waals surface area contributed by atoms with Gasteiger partial charge in [0.05, 0.1) is 5.92 Å². The van der Waals surface area contributed by atoms with Crippen molar-refractivity contribution in [3.8, 4) is 0 Å². The van der Waals surface area contributed by atoms with Crippen LogP contribution in [0.1, 0.15) is 38.5 Å². The first-order valence-corrected chi connectivity index (χ1v) is 6.42. The number of nitrogens with zero attached hydrogens (tertiary/aromatic N) is 1. The van der Waals surface area contributed by atoms with Gasteiger partial charge in [0.25, 0.3) is 0 Å². The molecule has 1 aliphatic heterocycles. The number of carbonyl (C=O) groups excluding carboxylic acids is 2. The van der Waals surface area contributed by atoms with Crippen molar-refractivity contribution in [1.82, 2.24) is 4.90 Å². The van der Waals surface area contributed by atoms with Crippen LogP contribution in [0.4, 0.5) is 0 Å². The van der Waals surface area contributed by atoms with E-state index in [-0.39, 0.29) is 17.7 Å². The van der Waals surface area contributed by atoms with Gasteiger partial charge in [-0.15, -0.1) is 0 Å². The van der Waals surface area contributed by atoms with Gasteiger partial charge in [0.15, 0.2) is 0 Å². The molecule has 0 saturated carbocycles. The number of amides is 2. The molecular formula is C12H23N3O2. The fourth-order valence-electron chi connectivity index (χ4n) is 2.19. The number of unbranched alkanes of at least 4 members (excludes halogenated alkanes) is 2. The first kappa shape index (κ1) is 14.0. The van der Waals surface area contributed by atoms with Crippen LogP contribution in [0.2, 0.25) is 0 Å². The molecule has 1 saturated heterocycles. The van der Waals surface area contributed by atoms with Gasteiger partial charge in [-0.2, -0.15) is 0 Å². The van der Waals surface area contributed by atoms with E-state index in [0.29, 0.717) is 19.5 Å². The summed E-state index contributed by atoms with van der Waals surface area (Å²) in [6.45, 7) is 1.95. The summed E-state index contributed by atoms with van der Waals surface area (Å²) in [5, 5.41) is 0. The summed E-state index contributed by atoms with van der Waals surface area (Å²) < 4.78 is 0. The SMILES string of the molecule is NCCCCCC(=O)N1CCCC(C(N)=O)C1. The molecule has 0 spiro atoms. The summed E-state index contributed by atoms with van der Waals surface area (Å²) in [6.07, 6.45) is 5.10. The van der Waals surface area contributed by atoms with E-state index in [2.05, 4.69) is 0 Å². The van der Waals surface area contributed by atoms with E-state index < -0.39 is 0 Å². The summed E-state index contributed by atoms with van der Waals surface area (Å²) in [6, 6.07) is 0. The lowest BCUT2D eigenvalue weighted by Crippen LogP contribution is -2.44. The molecule has 0 bridgehead atoms. The van der Waals surface area contributed by atoms with Gasteiger partial charge in [0.1, 0.15) is 0 Å². The highest BCUT2D eigenvalue weighted by atomic mass is 16.2. The highest BCUT2D eigenvalue weighted by Gasteiger charge is 2.26. The van der Waals surface area contributed by atoms with Gasteiger partial charge in [-0.25, -0.2) is 0 Å². The highest BCUT2D eigenvalue weighted by Crippen LogP contribution is 2.17. The van der Waals surface area contributed by atoms with E-state index in [9.17, 15) is 9.59 Å². The molecule has 5 heteroatoms. The van der Waals surface area contributed by atoms with Crippen molar-refractivity contribution in [2.24, 2.45) is 17.4 Å². The van der Waals surface area contributed by atoms with Crippen molar-refractivity contribution in [3.05, 3.63) is 0 Å². The molecule has 4 N–H and O–H groups in total. The van der Waals surface area contributed by atoms with Crippen LogP contribution >= 0.6 is 0 Å². The van der Waals surface area contributed by atoms with Crippen LogP contribution in [-0.2, 0) is 9.59 Å². The smallest absolute Gasteiger partial charge is 0.222 e. The summed E-state index contributed by atoms with van der Waals surface area (Å²) in [5.41, 5.74) is 10.7. The molecule has 98 valence electrons. The highest BCUT2D eigenvalue weighted by molar-refractivity contribution is 5.80. The number of hydrogen-bond acceptors (Lipinski definition) is 3. The molecule has 2 amide bonds. The average molecular weight is 241 g/mol. The number of rotatable bonds is 6. The maximum absolute atomic E-state index is 11.9. The summed E-state index contributed by atoms with van der Waals surface area (Å²) >= 11 is 0. The number of piperidine rings is 1. The summed E-state index contributed by atoms with van der Waals surface area (Å²) in [4.78, 5) is 24.7. The van der Waals surface area contributed by atoms with E-state index in [4.69, 9.17) is 11.5 Å². The standard InChI is InChI=1S/C12H23N3O2/c13-7-3-1-2-6-11(16)15-8-4-5-10(9-15)12(14)17/h10H,1-9,13H2,(H2,14,17). The lowest BCUT2D eigenvalue weighted by Gasteiger charge is -2.31. The first-order valence-electron chi connectivity index (χ1n) is 6.42. The van der Waals surface area contributed by atoms with Crippen LogP contribution in [0.15, 0.2) is 0 Å². The third-order valence-corrected chi connectivity index (χ3v) is 3.27. The molecule has 0 aromatic rings. The number of carbonyl (C=O) groups is 2. The van der Waals surface area contributed by atoms with Gasteiger partial charge in [0.2, 0.25) is 11.8 Å². The lowest BCUT2D eigenvalue weighted by molar-refractivity contribution is -0.135. The molecule has 0 radical (unpaired) electrons. The Balaban J connectivity index is 2.28. The minimum atomic E-state index is -0.286. The third-order valence-electron chi connectivity index (χ3n) is 3.27. The first-order chi connectivity index (χ1) is 8.15. The van der Waals surface area contributed by atoms with Crippen molar-refractivity contribution < 1.29 is 9.59 Å². The van der Waals surface area contributed by atoms with E-state index in [1.54, 1.807) is 4.90 Å². The second-order valence-corrected chi connectivity index (χ2v) is 4.68. The number of nitrogens with two attached hydrogens (primary N) is 2. The third kappa shape index (κ3) is 4.73. The molecule has 17 heavy (non-hydrogen) atoms. The van der Waals surface area contributed by atoms with Crippen LogP contribution in [0.5, 0.6) is 0 Å². The van der Waals surface area contributed by atoms with Gasteiger partial charge in [-0.1, -0.05) is 6.42 Å². The number of hydrogen-bond donors (Lipinski definition) is 2. The van der Waals surface area contributed by atoms with E-state index in [0.717, 1.165) is 38.6 Å². The van der Waals surface area contributed by atoms with Crippen LogP contribution < -0.4 is 11.5 Å². The molecular weight excluding hydrogens is 218 g/mol. The van der Waals surface area contributed by atoms with Crippen molar-refractivity contribution in [2.75, 3.05) is 19.6 Å². The lowest BCUT2D eigenvalue weighted by atomic mass is 9.97. The van der Waals surface area contributed by atoms with Crippen LogP contribution in [-0.4, -0.2) is 36.3 Å². The van der Waals surface area contributed by atoms with Crippen molar-refractivity contribution in [3.63, 3.8) is 0 Å². The largest absolute Gasteiger partial charge is 0.369 e. The Morgan fingerprint density at radius 1 is 1.24 bits per heavy atom. The Morgan fingerprint density at radius 2 is 2.00 bits per heavy atom. The molecule has 5 nitrogen and oxygen atoms in total. The number of likely N-dealkylation sites (tertiary alicyclic amines) is 1. The Hall–Kier alpha value is -1.10. The fourth-order valence-corrected chi connectivity index (χ4v) is 2.19. The molecule has 1 fully saturated rings. The molecule has 0 aromatic heterocycles. The maximum atomic E-state index is 11.9. The normalized spacial score (nSPS) is 20.3. The number of primary amides is 1. The minimum absolute atomic E-state index is 0.146. The van der Waals surface area contributed by atoms with E-state index >= 15 is 0 Å². The Bertz CT molecular complexity index is 268. The summed E-state index contributed by atoms with van der Waals surface area (Å²) in [5.74, 6) is -0.296. The molecule has 1 heterocycles. The predicted molar refractivity (Wildman–Crippen MR) is 66.0 cm³/mol. The molecule has 0 aromatic carbocycles. The Kier molecular flexibility index (Phi) is 5.97. The fraction of sp³-hybridized carbons (Fsp3) is 0.833. The van der Waals surface area contributed by atoms with Crippen LogP contribution in [0, 0.1) is 5.92 Å². The van der Waals surface area contributed by atoms with Gasteiger partial charge >= 0.3 is 0 Å². The van der Waals surface area contributed by atoms with E-state index in [1.165, 1.54) is 0 Å². The predicted octanol–water partition coefficient (Wildman–Crippen LogP) is 0.229. The van der Waals surface area contributed by atoms with Gasteiger partial charge < -0.3 is 16.4 Å². The van der Waals surface area contributed by atoms with Crippen molar-refractivity contribution in [1.29, 1.82) is 0 Å². The van der Waals surface area contributed by atoms with Crippen molar-refractivity contribution >= 4 is 11.8 Å². The van der Waals surface area contributed by atoms with Crippen LogP contribution in [0.3, 0.4) is 0 Å². The zero-order chi connectivity index (χ0) is 12.7. The van der Waals surface area contributed by atoms with Crippen LogP contribution in [0.25, 0.3) is 0 Å². The van der Waals surface area contributed by atoms with Gasteiger partial charge in [-0.05, 0) is 32.2 Å². The Morgan fingerprint density at radius 3 is 2.65 bits per heavy atom. The van der Waals surface area contributed by atoms with Crippen molar-refractivity contribution in [2.45, 2.75) is 38.5 Å². The van der Waals surface area contributed by atoms with Gasteiger partial charge in [0, 0.05) is 19.5 Å². The Labute approximate surface area is 103 Å². The molecule has 1 rings (SSSR count). The molecule has 0 aliphatic carbocycles. The molecule has 1 atom stereocenters. The molecule has 1 aliphatic rings. The second-order valence-electron chi connectivity index (χ2n) is 4.68. The van der Waals surface area contributed by atoms with E-state index in [1.807, 2.05) is 0 Å². The molecule has 1 unspecified atom stereocenters. The minimum Gasteiger partial charge on any atom is -0.369 e. The zero-order valence-electron chi connectivity index (χ0n) is 10.4.